The third-order valence-corrected chi connectivity index (χ3v) is 2.56. The van der Waals surface area contributed by atoms with Gasteiger partial charge in [0.25, 0.3) is 0 Å². The minimum absolute atomic E-state index is 0.0458. The van der Waals surface area contributed by atoms with Gasteiger partial charge < -0.3 is 16.4 Å². The first-order valence-electron chi connectivity index (χ1n) is 5.56. The Morgan fingerprint density at radius 2 is 2.19 bits per heavy atom. The van der Waals surface area contributed by atoms with Crippen molar-refractivity contribution in [3.05, 3.63) is 12.2 Å². The maximum atomic E-state index is 11.7. The highest BCUT2D eigenvalue weighted by Crippen LogP contribution is 2.16. The lowest BCUT2D eigenvalue weighted by molar-refractivity contribution is -0.129. The van der Waals surface area contributed by atoms with E-state index in [9.17, 15) is 9.59 Å². The zero-order chi connectivity index (χ0) is 12.1. The van der Waals surface area contributed by atoms with Gasteiger partial charge in [0.1, 0.15) is 6.04 Å². The smallest absolute Gasteiger partial charge is 0.242 e. The second-order valence-corrected chi connectivity index (χ2v) is 4.02. The number of hydrogen-bond acceptors (Lipinski definition) is 3. The van der Waals surface area contributed by atoms with Crippen molar-refractivity contribution in [2.75, 3.05) is 6.54 Å². The normalized spacial score (nSPS) is 25.2. The van der Waals surface area contributed by atoms with Gasteiger partial charge in [-0.2, -0.15) is 0 Å². The third-order valence-electron chi connectivity index (χ3n) is 2.56. The summed E-state index contributed by atoms with van der Waals surface area (Å²) in [5.41, 5.74) is 5.66. The van der Waals surface area contributed by atoms with Gasteiger partial charge >= 0.3 is 0 Å². The number of nitrogens with two attached hydrogens (primary N) is 1. The van der Waals surface area contributed by atoms with Crippen LogP contribution in [0.1, 0.15) is 20.3 Å². The highest BCUT2D eigenvalue weighted by atomic mass is 16.2. The molecule has 1 aliphatic rings. The summed E-state index contributed by atoms with van der Waals surface area (Å²) in [6, 6.07) is -0.548. The molecule has 5 nitrogen and oxygen atoms in total. The van der Waals surface area contributed by atoms with Gasteiger partial charge in [0.15, 0.2) is 0 Å². The lowest BCUT2D eigenvalue weighted by Crippen LogP contribution is -2.46. The van der Waals surface area contributed by atoms with Crippen LogP contribution in [-0.2, 0) is 9.59 Å². The van der Waals surface area contributed by atoms with Crippen LogP contribution in [0.5, 0.6) is 0 Å². The van der Waals surface area contributed by atoms with E-state index in [4.69, 9.17) is 5.73 Å². The number of nitrogens with one attached hydrogen (secondary N) is 2. The zero-order valence-corrected chi connectivity index (χ0v) is 9.69. The van der Waals surface area contributed by atoms with Gasteiger partial charge in [0, 0.05) is 12.6 Å². The Hall–Kier alpha value is -1.36. The monoisotopic (exact) mass is 225 g/mol. The molecule has 3 unspecified atom stereocenters. The molecule has 0 fully saturated rings. The molecule has 0 aromatic heterocycles. The van der Waals surface area contributed by atoms with E-state index in [1.165, 1.54) is 0 Å². The van der Waals surface area contributed by atoms with Crippen molar-refractivity contribution in [1.29, 1.82) is 0 Å². The minimum atomic E-state index is -0.502. The second kappa shape index (κ2) is 5.65. The predicted octanol–water partition coefficient (Wildman–Crippen LogP) is -0.469. The van der Waals surface area contributed by atoms with Crippen LogP contribution in [0, 0.1) is 5.92 Å². The van der Waals surface area contributed by atoms with Crippen LogP contribution in [0.2, 0.25) is 0 Å². The Kier molecular flexibility index (Phi) is 4.49. The zero-order valence-electron chi connectivity index (χ0n) is 9.69. The third kappa shape index (κ3) is 3.34. The molecule has 5 heteroatoms. The van der Waals surface area contributed by atoms with Crippen molar-refractivity contribution in [3.8, 4) is 0 Å². The molecule has 0 saturated heterocycles. The van der Waals surface area contributed by atoms with E-state index in [-0.39, 0.29) is 23.8 Å². The molecule has 90 valence electrons. The second-order valence-electron chi connectivity index (χ2n) is 4.02. The molecule has 3 atom stereocenters. The molecule has 0 heterocycles. The van der Waals surface area contributed by atoms with Gasteiger partial charge in [0.2, 0.25) is 11.8 Å². The first-order chi connectivity index (χ1) is 7.54. The summed E-state index contributed by atoms with van der Waals surface area (Å²) in [5, 5.41) is 5.32. The molecule has 0 saturated carbocycles. The fraction of sp³-hybridized carbons (Fsp3) is 0.636. The predicted molar refractivity (Wildman–Crippen MR) is 61.5 cm³/mol. The molecule has 0 aliphatic heterocycles. The molecule has 4 N–H and O–H groups in total. The summed E-state index contributed by atoms with van der Waals surface area (Å²) in [7, 11) is 0. The van der Waals surface area contributed by atoms with Crippen molar-refractivity contribution in [2.24, 2.45) is 11.7 Å². The van der Waals surface area contributed by atoms with Gasteiger partial charge in [-0.25, -0.2) is 0 Å². The van der Waals surface area contributed by atoms with E-state index in [2.05, 4.69) is 10.6 Å². The van der Waals surface area contributed by atoms with Crippen LogP contribution in [-0.4, -0.2) is 30.4 Å². The van der Waals surface area contributed by atoms with Crippen molar-refractivity contribution < 1.29 is 9.59 Å². The van der Waals surface area contributed by atoms with Crippen LogP contribution in [0.25, 0.3) is 0 Å². The molecule has 0 spiro atoms. The summed E-state index contributed by atoms with van der Waals surface area (Å²) in [5.74, 6) is -0.503. The number of carbonyl (C=O) groups is 2. The van der Waals surface area contributed by atoms with Crippen molar-refractivity contribution in [2.45, 2.75) is 32.4 Å². The fourth-order valence-corrected chi connectivity index (χ4v) is 1.63. The molecule has 2 amide bonds. The molecule has 1 rings (SSSR count). The topological polar surface area (TPSA) is 84.2 Å². The van der Waals surface area contributed by atoms with Gasteiger partial charge in [-0.3, -0.25) is 9.59 Å². The fourth-order valence-electron chi connectivity index (χ4n) is 1.63. The number of amides is 2. The van der Waals surface area contributed by atoms with E-state index in [0.717, 1.165) is 0 Å². The number of likely N-dealkylation sites (N-methyl/N-ethyl adjacent to an activating group) is 1. The van der Waals surface area contributed by atoms with Crippen LogP contribution in [0.15, 0.2) is 12.2 Å². The van der Waals surface area contributed by atoms with Gasteiger partial charge in [-0.1, -0.05) is 12.2 Å². The van der Waals surface area contributed by atoms with Gasteiger partial charge in [-0.05, 0) is 20.3 Å². The SMILES string of the molecule is CCNC(=O)C(C)NC(=O)C1C=CC(N)C1. The van der Waals surface area contributed by atoms with Crippen molar-refractivity contribution >= 4 is 11.8 Å². The average Bonchev–Trinajstić information content (AvgIpc) is 2.65. The Morgan fingerprint density at radius 3 is 2.69 bits per heavy atom. The van der Waals surface area contributed by atoms with Crippen molar-refractivity contribution in [3.63, 3.8) is 0 Å². The summed E-state index contributed by atoms with van der Waals surface area (Å²) in [4.78, 5) is 23.1. The molecular weight excluding hydrogens is 206 g/mol. The summed E-state index contributed by atoms with van der Waals surface area (Å²) >= 11 is 0. The number of hydrogen-bond donors (Lipinski definition) is 3. The van der Waals surface area contributed by atoms with E-state index in [1.807, 2.05) is 13.0 Å². The van der Waals surface area contributed by atoms with Crippen LogP contribution in [0.4, 0.5) is 0 Å². The van der Waals surface area contributed by atoms with Crippen LogP contribution >= 0.6 is 0 Å². The van der Waals surface area contributed by atoms with Gasteiger partial charge in [-0.15, -0.1) is 0 Å². The van der Waals surface area contributed by atoms with E-state index < -0.39 is 6.04 Å². The Morgan fingerprint density at radius 1 is 1.50 bits per heavy atom. The first-order valence-corrected chi connectivity index (χ1v) is 5.56. The lowest BCUT2D eigenvalue weighted by atomic mass is 10.1. The van der Waals surface area contributed by atoms with E-state index in [1.54, 1.807) is 13.0 Å². The molecule has 0 aromatic rings. The highest BCUT2D eigenvalue weighted by molar-refractivity contribution is 5.89. The number of rotatable bonds is 4. The molecule has 0 bridgehead atoms. The Bertz CT molecular complexity index is 302. The maximum absolute atomic E-state index is 11.7. The Balaban J connectivity index is 2.39. The minimum Gasteiger partial charge on any atom is -0.355 e. The molecule has 1 aliphatic carbocycles. The number of carbonyl (C=O) groups excluding carboxylic acids is 2. The van der Waals surface area contributed by atoms with Gasteiger partial charge in [0.05, 0.1) is 5.92 Å². The van der Waals surface area contributed by atoms with Crippen LogP contribution in [0.3, 0.4) is 0 Å². The average molecular weight is 225 g/mol. The van der Waals surface area contributed by atoms with E-state index in [0.29, 0.717) is 13.0 Å². The van der Waals surface area contributed by atoms with Crippen LogP contribution < -0.4 is 16.4 Å². The summed E-state index contributed by atoms with van der Waals surface area (Å²) in [6.45, 7) is 4.07. The summed E-state index contributed by atoms with van der Waals surface area (Å²) < 4.78 is 0. The molecular formula is C11H19N3O2. The Labute approximate surface area is 95.5 Å². The quantitative estimate of drug-likeness (QED) is 0.566. The maximum Gasteiger partial charge on any atom is 0.242 e. The van der Waals surface area contributed by atoms with E-state index >= 15 is 0 Å². The lowest BCUT2D eigenvalue weighted by Gasteiger charge is -2.16. The summed E-state index contributed by atoms with van der Waals surface area (Å²) in [6.07, 6.45) is 4.24. The largest absolute Gasteiger partial charge is 0.355 e. The standard InChI is InChI=1S/C11H19N3O2/c1-3-13-10(15)7(2)14-11(16)8-4-5-9(12)6-8/h4-5,7-9H,3,6,12H2,1-2H3,(H,13,15)(H,14,16). The molecule has 0 aromatic carbocycles. The molecule has 0 radical (unpaired) electrons. The first kappa shape index (κ1) is 12.7. The van der Waals surface area contributed by atoms with Crippen molar-refractivity contribution in [1.82, 2.24) is 10.6 Å². The molecule has 16 heavy (non-hydrogen) atoms. The highest BCUT2D eigenvalue weighted by Gasteiger charge is 2.25.